The van der Waals surface area contributed by atoms with E-state index in [1.54, 1.807) is 0 Å². The van der Waals surface area contributed by atoms with Crippen LogP contribution >= 0.6 is 14.7 Å². The molecule has 0 aliphatic heterocycles. The third-order valence-electron chi connectivity index (χ3n) is 6.42. The topological polar surface area (TPSA) is 52.6 Å². The standard InChI is InChI=1S/C18H21O2P.C10H17O2P/c19-21(17-12-6-2-7-13-17,18-14-8-3-9-15-18)20-16-10-4-1-5-11-16;1-3-13(11,4-2)12-10-8-6-5-7-9-10/h2-3,6-9,12-16H,1,4-5,10-11H2;3-4,10H,1-2,5-9H2. The van der Waals surface area contributed by atoms with Gasteiger partial charge in [-0.1, -0.05) is 88.1 Å². The van der Waals surface area contributed by atoms with Crippen LogP contribution < -0.4 is 10.6 Å². The first-order chi connectivity index (χ1) is 16.5. The Kier molecular flexibility index (Phi) is 10.6. The molecule has 2 saturated carbocycles. The van der Waals surface area contributed by atoms with Gasteiger partial charge < -0.3 is 9.05 Å². The average molecular weight is 501 g/mol. The molecule has 2 aromatic rings. The highest BCUT2D eigenvalue weighted by molar-refractivity contribution is 7.74. The van der Waals surface area contributed by atoms with Crippen LogP contribution in [0, 0.1) is 0 Å². The second kappa shape index (κ2) is 13.4. The van der Waals surface area contributed by atoms with E-state index >= 15 is 0 Å². The highest BCUT2D eigenvalue weighted by atomic mass is 31.2. The maximum absolute atomic E-state index is 13.7. The summed E-state index contributed by atoms with van der Waals surface area (Å²) in [6.07, 6.45) is 11.6. The molecule has 4 rings (SSSR count). The maximum Gasteiger partial charge on any atom is 0.261 e. The van der Waals surface area contributed by atoms with Gasteiger partial charge in [0.1, 0.15) is 0 Å². The van der Waals surface area contributed by atoms with Crippen molar-refractivity contribution < 1.29 is 18.2 Å². The van der Waals surface area contributed by atoms with Crippen LogP contribution in [-0.4, -0.2) is 12.2 Å². The van der Waals surface area contributed by atoms with E-state index < -0.39 is 14.7 Å². The molecule has 0 bridgehead atoms. The molecule has 6 heteroatoms. The van der Waals surface area contributed by atoms with Crippen molar-refractivity contribution >= 4 is 25.3 Å². The van der Waals surface area contributed by atoms with Crippen molar-refractivity contribution in [2.45, 2.75) is 76.4 Å². The van der Waals surface area contributed by atoms with E-state index in [4.69, 9.17) is 9.05 Å². The molecular weight excluding hydrogens is 462 g/mol. The van der Waals surface area contributed by atoms with Crippen molar-refractivity contribution in [1.82, 2.24) is 0 Å². The quantitative estimate of drug-likeness (QED) is 0.343. The van der Waals surface area contributed by atoms with Crippen LogP contribution in [-0.2, 0) is 18.2 Å². The molecule has 34 heavy (non-hydrogen) atoms. The smallest absolute Gasteiger partial charge is 0.261 e. The van der Waals surface area contributed by atoms with Gasteiger partial charge in [0.2, 0.25) is 7.37 Å². The van der Waals surface area contributed by atoms with E-state index in [9.17, 15) is 9.13 Å². The van der Waals surface area contributed by atoms with Gasteiger partial charge in [0.15, 0.2) is 0 Å². The number of hydrogen-bond donors (Lipinski definition) is 0. The van der Waals surface area contributed by atoms with Gasteiger partial charge in [-0.3, -0.25) is 9.13 Å². The minimum absolute atomic E-state index is 0.116. The zero-order valence-corrected chi connectivity index (χ0v) is 21.9. The lowest BCUT2D eigenvalue weighted by Gasteiger charge is -2.28. The van der Waals surface area contributed by atoms with Gasteiger partial charge in [-0.2, -0.15) is 0 Å². The van der Waals surface area contributed by atoms with Crippen LogP contribution in [0.1, 0.15) is 64.2 Å². The Balaban J connectivity index is 0.000000215. The van der Waals surface area contributed by atoms with Gasteiger partial charge >= 0.3 is 0 Å². The van der Waals surface area contributed by atoms with E-state index in [1.807, 2.05) is 60.7 Å². The van der Waals surface area contributed by atoms with Crippen molar-refractivity contribution in [3.63, 3.8) is 0 Å². The lowest BCUT2D eigenvalue weighted by Crippen LogP contribution is -2.24. The van der Waals surface area contributed by atoms with Crippen LogP contribution in [0.15, 0.2) is 85.5 Å². The molecule has 0 atom stereocenters. The second-order valence-electron chi connectivity index (χ2n) is 8.96. The Morgan fingerprint density at radius 2 is 1.00 bits per heavy atom. The summed E-state index contributed by atoms with van der Waals surface area (Å²) in [5.41, 5.74) is 0. The molecule has 4 nitrogen and oxygen atoms in total. The van der Waals surface area contributed by atoms with E-state index in [1.165, 1.54) is 50.2 Å². The van der Waals surface area contributed by atoms with Gasteiger partial charge in [-0.25, -0.2) is 0 Å². The summed E-state index contributed by atoms with van der Waals surface area (Å²) in [5.74, 6) is 2.77. The molecule has 2 fully saturated rings. The lowest BCUT2D eigenvalue weighted by atomic mass is 9.98. The average Bonchev–Trinajstić information content (AvgIpc) is 2.91. The summed E-state index contributed by atoms with van der Waals surface area (Å²) >= 11 is 0. The minimum Gasteiger partial charge on any atom is -0.320 e. The minimum atomic E-state index is -2.99. The molecule has 0 radical (unpaired) electrons. The third-order valence-corrected chi connectivity index (χ3v) is 10.6. The van der Waals surface area contributed by atoms with Gasteiger partial charge in [-0.15, -0.1) is 0 Å². The predicted octanol–water partition coefficient (Wildman–Crippen LogP) is 8.17. The first-order valence-electron chi connectivity index (χ1n) is 12.4. The molecule has 184 valence electrons. The summed E-state index contributed by atoms with van der Waals surface area (Å²) in [4.78, 5) is 0. The highest BCUT2D eigenvalue weighted by Gasteiger charge is 2.32. The fourth-order valence-electron chi connectivity index (χ4n) is 4.46. The van der Waals surface area contributed by atoms with Crippen molar-refractivity contribution in [3.8, 4) is 0 Å². The first-order valence-corrected chi connectivity index (χ1v) is 15.8. The van der Waals surface area contributed by atoms with Crippen LogP contribution in [0.3, 0.4) is 0 Å². The molecule has 0 spiro atoms. The molecule has 0 N–H and O–H groups in total. The van der Waals surface area contributed by atoms with Crippen LogP contribution in [0.25, 0.3) is 0 Å². The van der Waals surface area contributed by atoms with E-state index in [0.29, 0.717) is 0 Å². The zero-order chi connectivity index (χ0) is 24.3. The maximum atomic E-state index is 13.7. The Morgan fingerprint density at radius 3 is 1.38 bits per heavy atom. The summed E-state index contributed by atoms with van der Waals surface area (Å²) in [7, 11) is -5.71. The normalized spacial score (nSPS) is 17.9. The molecule has 0 saturated heterocycles. The van der Waals surface area contributed by atoms with Crippen LogP contribution in [0.4, 0.5) is 0 Å². The Bertz CT molecular complexity index is 922. The summed E-state index contributed by atoms with van der Waals surface area (Å²) in [5, 5.41) is 1.59. The van der Waals surface area contributed by atoms with Gasteiger partial charge in [-0.05, 0) is 61.6 Å². The van der Waals surface area contributed by atoms with Gasteiger partial charge in [0, 0.05) is 10.6 Å². The lowest BCUT2D eigenvalue weighted by molar-refractivity contribution is 0.163. The summed E-state index contributed by atoms with van der Waals surface area (Å²) in [6, 6.07) is 19.2. The van der Waals surface area contributed by atoms with Crippen molar-refractivity contribution in [3.05, 3.63) is 85.5 Å². The molecule has 0 aromatic heterocycles. The van der Waals surface area contributed by atoms with Crippen LogP contribution in [0.5, 0.6) is 0 Å². The van der Waals surface area contributed by atoms with Gasteiger partial charge in [0.05, 0.1) is 12.2 Å². The van der Waals surface area contributed by atoms with E-state index in [2.05, 4.69) is 13.2 Å². The molecule has 2 aromatic carbocycles. The first kappa shape index (κ1) is 26.9. The molecular formula is C28H38O4P2. The van der Waals surface area contributed by atoms with E-state index in [-0.39, 0.29) is 12.2 Å². The summed E-state index contributed by atoms with van der Waals surface area (Å²) < 4.78 is 37.1. The zero-order valence-electron chi connectivity index (χ0n) is 20.1. The van der Waals surface area contributed by atoms with Crippen molar-refractivity contribution in [1.29, 1.82) is 0 Å². The Morgan fingerprint density at radius 1 is 0.618 bits per heavy atom. The second-order valence-corrected chi connectivity index (χ2v) is 13.5. The van der Waals surface area contributed by atoms with Crippen molar-refractivity contribution in [2.75, 3.05) is 0 Å². The van der Waals surface area contributed by atoms with E-state index in [0.717, 1.165) is 36.3 Å². The molecule has 0 unspecified atom stereocenters. The molecule has 2 aliphatic rings. The Hall–Kier alpha value is -1.70. The SMILES string of the molecule is C=CP(=O)(C=C)OC1CCCCC1.O=P(OC1CCCCC1)(c1ccccc1)c1ccccc1. The van der Waals surface area contributed by atoms with Gasteiger partial charge in [0.25, 0.3) is 7.37 Å². The Labute approximate surface area is 205 Å². The largest absolute Gasteiger partial charge is 0.320 e. The molecule has 0 amide bonds. The fourth-order valence-corrected chi connectivity index (χ4v) is 7.76. The highest BCUT2D eigenvalue weighted by Crippen LogP contribution is 2.51. The monoisotopic (exact) mass is 500 g/mol. The summed E-state index contributed by atoms with van der Waals surface area (Å²) in [6.45, 7) is 7.02. The number of hydrogen-bond acceptors (Lipinski definition) is 4. The number of benzene rings is 2. The third kappa shape index (κ3) is 7.65. The molecule has 0 heterocycles. The fraction of sp³-hybridized carbons (Fsp3) is 0.429. The van der Waals surface area contributed by atoms with Crippen LogP contribution in [0.2, 0.25) is 0 Å². The molecule has 2 aliphatic carbocycles. The van der Waals surface area contributed by atoms with Crippen molar-refractivity contribution in [2.24, 2.45) is 0 Å². The number of rotatable bonds is 8. The predicted molar refractivity (Wildman–Crippen MR) is 144 cm³/mol.